The summed E-state index contributed by atoms with van der Waals surface area (Å²) in [6, 6.07) is 9.95. The minimum atomic E-state index is -1.34. The Morgan fingerprint density at radius 3 is 2.50 bits per heavy atom. The van der Waals surface area contributed by atoms with Gasteiger partial charge >= 0.3 is 6.09 Å². The van der Waals surface area contributed by atoms with E-state index in [0.29, 0.717) is 16.0 Å². The Morgan fingerprint density at radius 2 is 1.82 bits per heavy atom. The number of halogens is 2. The molecular formula is C29H24ClFN2O7. The zero-order chi connectivity index (χ0) is 28.7. The van der Waals surface area contributed by atoms with Gasteiger partial charge in [-0.05, 0) is 61.6 Å². The van der Waals surface area contributed by atoms with Crippen molar-refractivity contribution < 1.29 is 38.2 Å². The van der Waals surface area contributed by atoms with Crippen molar-refractivity contribution in [3.8, 4) is 5.75 Å². The summed E-state index contributed by atoms with van der Waals surface area (Å²) in [6.07, 6.45) is 0.985. The van der Waals surface area contributed by atoms with Gasteiger partial charge in [-0.3, -0.25) is 19.2 Å². The van der Waals surface area contributed by atoms with Crippen LogP contribution in [0.1, 0.15) is 31.2 Å². The number of aromatic hydroxyl groups is 1. The number of amides is 5. The normalized spacial score (nSPS) is 31.1. The van der Waals surface area contributed by atoms with Gasteiger partial charge in [-0.2, -0.15) is 4.90 Å². The van der Waals surface area contributed by atoms with Crippen LogP contribution in [0, 0.1) is 34.9 Å². The Hall–Kier alpha value is -4.05. The molecule has 3 fully saturated rings. The van der Waals surface area contributed by atoms with Gasteiger partial charge in [0.15, 0.2) is 0 Å². The molecule has 0 radical (unpaired) electrons. The van der Waals surface area contributed by atoms with Crippen LogP contribution < -0.4 is 4.90 Å². The van der Waals surface area contributed by atoms with Gasteiger partial charge in [-0.1, -0.05) is 35.4 Å². The van der Waals surface area contributed by atoms with Crippen LogP contribution in [0.4, 0.5) is 14.9 Å². The van der Waals surface area contributed by atoms with E-state index < -0.39 is 70.5 Å². The molecule has 0 aromatic heterocycles. The lowest BCUT2D eigenvalue weighted by atomic mass is 9.51. The average Bonchev–Trinajstić information content (AvgIpc) is 3.29. The number of methoxy groups -OCH3 is 1. The van der Waals surface area contributed by atoms with E-state index in [2.05, 4.69) is 4.74 Å². The number of benzene rings is 2. The standard InChI is InChI=1S/C29H24ClFN2O7/c1-29-19(25(36)32(27(29)38)14-6-9-21(31)20(30)11-14)12-18-16(23(29)13-4-3-5-15(34)10-13)7-8-17-22(18)26(37)33(24(17)35)28(39)40-2/h3-7,9-11,17-19,22-23,34H,8,12H2,1-2H3. The molecular weight excluding hydrogens is 543 g/mol. The van der Waals surface area contributed by atoms with E-state index in [1.807, 2.05) is 6.08 Å². The SMILES string of the molecule is COC(=O)N1C(=O)C2CC=C3C(CC4C(=O)N(c5ccc(F)c(Cl)c5)C(=O)C4(C)C3c3cccc(O)c3)C2C1=O. The fourth-order valence-corrected chi connectivity index (χ4v) is 7.42. The predicted octanol–water partition coefficient (Wildman–Crippen LogP) is 4.18. The number of nitrogens with zero attached hydrogens (tertiary/aromatic N) is 2. The highest BCUT2D eigenvalue weighted by atomic mass is 35.5. The van der Waals surface area contributed by atoms with Crippen molar-refractivity contribution in [3.63, 3.8) is 0 Å². The maximum Gasteiger partial charge on any atom is 0.423 e. The third kappa shape index (κ3) is 3.41. The van der Waals surface area contributed by atoms with Gasteiger partial charge in [-0.25, -0.2) is 14.1 Å². The summed E-state index contributed by atoms with van der Waals surface area (Å²) in [6.45, 7) is 1.68. The number of ether oxygens (including phenoxy) is 1. The third-order valence-electron chi connectivity index (χ3n) is 9.00. The number of anilines is 1. The lowest BCUT2D eigenvalue weighted by Crippen LogP contribution is -2.49. The molecule has 0 spiro atoms. The van der Waals surface area contributed by atoms with Crippen molar-refractivity contribution in [2.75, 3.05) is 12.0 Å². The van der Waals surface area contributed by atoms with Gasteiger partial charge in [0.2, 0.25) is 23.6 Å². The second-order valence-corrected chi connectivity index (χ2v) is 11.2. The van der Waals surface area contributed by atoms with Crippen molar-refractivity contribution in [3.05, 3.63) is 70.5 Å². The smallest absolute Gasteiger partial charge is 0.423 e. The first-order chi connectivity index (χ1) is 19.0. The van der Waals surface area contributed by atoms with Crippen LogP contribution in [0.3, 0.4) is 0 Å². The van der Waals surface area contributed by atoms with E-state index in [1.165, 1.54) is 24.3 Å². The molecule has 1 saturated carbocycles. The molecule has 6 unspecified atom stereocenters. The first-order valence-corrected chi connectivity index (χ1v) is 13.2. The number of rotatable bonds is 2. The van der Waals surface area contributed by atoms with Crippen molar-refractivity contribution >= 4 is 47.0 Å². The predicted molar refractivity (Wildman–Crippen MR) is 138 cm³/mol. The van der Waals surface area contributed by atoms with Crippen molar-refractivity contribution in [2.24, 2.45) is 29.1 Å². The second-order valence-electron chi connectivity index (χ2n) is 10.8. The molecule has 206 valence electrons. The number of carbonyl (C=O) groups excluding carboxylic acids is 5. The molecule has 0 bridgehead atoms. The molecule has 6 rings (SSSR count). The van der Waals surface area contributed by atoms with Gasteiger partial charge in [0.1, 0.15) is 11.6 Å². The van der Waals surface area contributed by atoms with E-state index in [0.717, 1.165) is 18.1 Å². The average molecular weight is 567 g/mol. The van der Waals surface area contributed by atoms with Crippen LogP contribution in [-0.4, -0.2) is 46.8 Å². The number of allylic oxidation sites excluding steroid dienone is 2. The van der Waals surface area contributed by atoms with Crippen molar-refractivity contribution in [1.82, 2.24) is 4.90 Å². The summed E-state index contributed by atoms with van der Waals surface area (Å²) in [5.74, 6) is -7.20. The van der Waals surface area contributed by atoms with Crippen LogP contribution in [0.2, 0.25) is 5.02 Å². The molecule has 6 atom stereocenters. The quantitative estimate of drug-likeness (QED) is 0.427. The molecule has 11 heteroatoms. The molecule has 2 aromatic rings. The Bertz CT molecular complexity index is 1560. The summed E-state index contributed by atoms with van der Waals surface area (Å²) >= 11 is 5.99. The Kier molecular flexibility index (Phi) is 5.88. The molecule has 5 amide bonds. The number of imide groups is 4. The molecule has 4 aliphatic rings. The summed E-state index contributed by atoms with van der Waals surface area (Å²) in [5.41, 5.74) is 0.0296. The fraction of sp³-hybridized carbons (Fsp3) is 0.345. The molecule has 2 heterocycles. The molecule has 2 aliphatic carbocycles. The number of hydrogen-bond donors (Lipinski definition) is 1. The number of carbonyl (C=O) groups is 5. The molecule has 1 N–H and O–H groups in total. The zero-order valence-electron chi connectivity index (χ0n) is 21.5. The molecule has 9 nitrogen and oxygen atoms in total. The highest BCUT2D eigenvalue weighted by Crippen LogP contribution is 2.63. The Morgan fingerprint density at radius 1 is 1.07 bits per heavy atom. The van der Waals surface area contributed by atoms with Crippen LogP contribution in [0.5, 0.6) is 5.75 Å². The maximum absolute atomic E-state index is 14.2. The van der Waals surface area contributed by atoms with Crippen LogP contribution in [-0.2, 0) is 23.9 Å². The summed E-state index contributed by atoms with van der Waals surface area (Å²) in [7, 11) is 1.08. The molecule has 2 aromatic carbocycles. The number of fused-ring (bicyclic) bond motifs is 4. The van der Waals surface area contributed by atoms with Gasteiger partial charge < -0.3 is 9.84 Å². The monoisotopic (exact) mass is 566 g/mol. The topological polar surface area (TPSA) is 121 Å². The number of phenolic OH excluding ortho intramolecular Hbond substituents is 1. The van der Waals surface area contributed by atoms with Crippen molar-refractivity contribution in [2.45, 2.75) is 25.7 Å². The van der Waals surface area contributed by atoms with Crippen LogP contribution in [0.25, 0.3) is 0 Å². The van der Waals surface area contributed by atoms with Crippen LogP contribution in [0.15, 0.2) is 54.1 Å². The van der Waals surface area contributed by atoms with Gasteiger partial charge in [0.05, 0.1) is 41.0 Å². The van der Waals surface area contributed by atoms with Gasteiger partial charge in [-0.15, -0.1) is 0 Å². The number of likely N-dealkylation sites (tertiary alicyclic amines) is 1. The van der Waals surface area contributed by atoms with E-state index in [4.69, 9.17) is 11.6 Å². The lowest BCUT2D eigenvalue weighted by Gasteiger charge is -2.49. The van der Waals surface area contributed by atoms with E-state index in [9.17, 15) is 33.5 Å². The van der Waals surface area contributed by atoms with Crippen molar-refractivity contribution in [1.29, 1.82) is 0 Å². The van der Waals surface area contributed by atoms with E-state index in [1.54, 1.807) is 19.1 Å². The highest BCUT2D eigenvalue weighted by molar-refractivity contribution is 6.31. The highest BCUT2D eigenvalue weighted by Gasteiger charge is 2.68. The Labute approximate surface area is 233 Å². The first-order valence-electron chi connectivity index (χ1n) is 12.8. The maximum atomic E-state index is 14.2. The van der Waals surface area contributed by atoms with Crippen LogP contribution >= 0.6 is 11.6 Å². The number of hydrogen-bond acceptors (Lipinski definition) is 7. The lowest BCUT2D eigenvalue weighted by molar-refractivity contribution is -0.138. The van der Waals surface area contributed by atoms with E-state index >= 15 is 0 Å². The molecule has 2 saturated heterocycles. The largest absolute Gasteiger partial charge is 0.508 e. The second kappa shape index (κ2) is 8.99. The minimum absolute atomic E-state index is 0.0445. The third-order valence-corrected chi connectivity index (χ3v) is 9.29. The number of phenols is 1. The summed E-state index contributed by atoms with van der Waals surface area (Å²) in [5, 5.41) is 10.1. The van der Waals surface area contributed by atoms with E-state index in [-0.39, 0.29) is 29.3 Å². The first kappa shape index (κ1) is 26.2. The Balaban J connectivity index is 1.51. The minimum Gasteiger partial charge on any atom is -0.508 e. The van der Waals surface area contributed by atoms with Gasteiger partial charge in [0.25, 0.3) is 0 Å². The molecule has 2 aliphatic heterocycles. The summed E-state index contributed by atoms with van der Waals surface area (Å²) in [4.78, 5) is 68.7. The summed E-state index contributed by atoms with van der Waals surface area (Å²) < 4.78 is 18.6. The zero-order valence-corrected chi connectivity index (χ0v) is 22.2. The molecule has 40 heavy (non-hydrogen) atoms. The van der Waals surface area contributed by atoms with Gasteiger partial charge in [0, 0.05) is 5.92 Å². The fourth-order valence-electron chi connectivity index (χ4n) is 7.24.